The molecule has 0 spiro atoms. The van der Waals surface area contributed by atoms with Crippen LogP contribution in [-0.2, 0) is 0 Å². The minimum absolute atomic E-state index is 0.150. The van der Waals surface area contributed by atoms with E-state index in [0.29, 0.717) is 40.4 Å². The summed E-state index contributed by atoms with van der Waals surface area (Å²) in [7, 11) is 0. The van der Waals surface area contributed by atoms with Gasteiger partial charge in [0, 0.05) is 22.3 Å². The Morgan fingerprint density at radius 2 is 0.836 bits per heavy atom. The summed E-state index contributed by atoms with van der Waals surface area (Å²) in [6.45, 7) is 16.6. The average Bonchev–Trinajstić information content (AvgIpc) is 3.31. The van der Waals surface area contributed by atoms with E-state index in [1.807, 2.05) is 78.9 Å². The Morgan fingerprint density at radius 3 is 1.42 bits per heavy atom. The fourth-order valence-corrected chi connectivity index (χ4v) is 8.06. The number of phenolic OH excluding ortho intramolecular Hbond substituents is 2. The summed E-state index contributed by atoms with van der Waals surface area (Å²) in [5.41, 5.74) is 13.9. The third-order valence-corrected chi connectivity index (χ3v) is 12.1. The summed E-state index contributed by atoms with van der Waals surface area (Å²) < 4.78 is 0. The number of aryl methyl sites for hydroxylation is 8. The van der Waals surface area contributed by atoms with Gasteiger partial charge in [0.05, 0.1) is 5.56 Å². The van der Waals surface area contributed by atoms with Crippen LogP contribution in [0.4, 0.5) is 0 Å². The van der Waals surface area contributed by atoms with E-state index < -0.39 is 0 Å². The first-order valence-corrected chi connectivity index (χ1v) is 22.5. The smallest absolute Gasteiger partial charge is 0.226 e. The lowest BCUT2D eigenvalue weighted by Gasteiger charge is -2.13. The van der Waals surface area contributed by atoms with Gasteiger partial charge in [0.2, 0.25) is 5.28 Å². The second-order valence-electron chi connectivity index (χ2n) is 17.0. The number of nitrogens with zero attached hydrogens (tertiary/aromatic N) is 6. The number of phenols is 2. The maximum absolute atomic E-state index is 10.9. The summed E-state index contributed by atoms with van der Waals surface area (Å²) in [4.78, 5) is 27.8. The van der Waals surface area contributed by atoms with Crippen molar-refractivity contribution >= 4 is 33.1 Å². The fraction of sp³-hybridized carbons (Fsp3) is 0.138. The van der Waals surface area contributed by atoms with Crippen molar-refractivity contribution in [1.82, 2.24) is 29.9 Å². The van der Waals surface area contributed by atoms with Crippen LogP contribution in [0.3, 0.4) is 0 Å². The number of hydrogen-bond acceptors (Lipinski definition) is 8. The van der Waals surface area contributed by atoms with Crippen LogP contribution in [0.5, 0.6) is 11.5 Å². The normalized spacial score (nSPS) is 10.9. The summed E-state index contributed by atoms with van der Waals surface area (Å²) in [5, 5.41) is 24.4. The summed E-state index contributed by atoms with van der Waals surface area (Å²) in [6, 6.07) is 49.7. The van der Waals surface area contributed by atoms with Crippen LogP contribution < -0.4 is 0 Å². The summed E-state index contributed by atoms with van der Waals surface area (Å²) in [6.07, 6.45) is 0. The molecule has 332 valence electrons. The molecule has 0 saturated heterocycles. The molecule has 0 amide bonds. The van der Waals surface area contributed by atoms with Crippen molar-refractivity contribution < 1.29 is 10.2 Å². The molecule has 0 aliphatic heterocycles. The number of aromatic hydroxyl groups is 2. The zero-order valence-corrected chi connectivity index (χ0v) is 39.6. The lowest BCUT2D eigenvalue weighted by Crippen LogP contribution is -2.02. The number of aromatic nitrogens is 6. The molecule has 8 nitrogen and oxygen atoms in total. The molecule has 0 radical (unpaired) electrons. The lowest BCUT2D eigenvalue weighted by atomic mass is 10.0. The van der Waals surface area contributed by atoms with Gasteiger partial charge in [-0.15, -0.1) is 0 Å². The SMILES string of the molecule is Cc1ccc(-c2nc(-c3ccc(C)c(C)c3)nc(-c3c(O)ccc4ccccc34)n2)c(C)c1.Cc1ccc(-c2nc(Cl)nc(-c3ccc(C)c(C)c3)n2)c(C)c1.Oc1ccc2ccccc2c1. The Labute approximate surface area is 396 Å². The van der Waals surface area contributed by atoms with Gasteiger partial charge in [-0.2, -0.15) is 9.97 Å². The molecule has 2 N–H and O–H groups in total. The molecular formula is C58H51ClN6O2. The first kappa shape index (κ1) is 45.7. The Balaban J connectivity index is 0.000000154. The molecule has 0 aliphatic rings. The Bertz CT molecular complexity index is 3460. The Hall–Kier alpha value is -7.81. The molecule has 10 aromatic rings. The van der Waals surface area contributed by atoms with Crippen molar-refractivity contribution in [3.05, 3.63) is 201 Å². The zero-order chi connectivity index (χ0) is 47.4. The Morgan fingerprint density at radius 1 is 0.358 bits per heavy atom. The van der Waals surface area contributed by atoms with Gasteiger partial charge < -0.3 is 10.2 Å². The highest BCUT2D eigenvalue weighted by molar-refractivity contribution is 6.28. The fourth-order valence-electron chi connectivity index (χ4n) is 7.90. The van der Waals surface area contributed by atoms with Gasteiger partial charge in [0.15, 0.2) is 29.1 Å². The standard InChI is InChI=1S/C29H25N3O.C19H18ClN3.C10H8O/c1-17-9-13-23(20(4)15-17)28-30-27(22-11-10-18(2)19(3)16-22)31-29(32-28)26-24-8-6-5-7-21(24)12-14-25(26)33;1-11-5-8-16(14(4)9-11)18-21-17(22-19(20)23-18)15-7-6-12(2)13(3)10-15;11-10-6-5-8-3-1-2-4-9(8)7-10/h5-16,33H,1-4H3;5-10H,1-4H3;1-7,11H. The third kappa shape index (κ3) is 10.5. The number of hydrogen-bond donors (Lipinski definition) is 2. The van der Waals surface area contributed by atoms with Gasteiger partial charge in [-0.05, 0) is 152 Å². The largest absolute Gasteiger partial charge is 0.508 e. The van der Waals surface area contributed by atoms with Gasteiger partial charge in [-0.3, -0.25) is 0 Å². The van der Waals surface area contributed by atoms with E-state index in [2.05, 4.69) is 125 Å². The molecule has 9 heteroatoms. The van der Waals surface area contributed by atoms with Crippen molar-refractivity contribution in [2.75, 3.05) is 0 Å². The van der Waals surface area contributed by atoms with Crippen LogP contribution in [0.2, 0.25) is 5.28 Å². The van der Waals surface area contributed by atoms with E-state index in [0.717, 1.165) is 54.9 Å². The maximum Gasteiger partial charge on any atom is 0.226 e. The van der Waals surface area contributed by atoms with Gasteiger partial charge in [0.25, 0.3) is 0 Å². The predicted octanol–water partition coefficient (Wildman–Crippen LogP) is 14.6. The summed E-state index contributed by atoms with van der Waals surface area (Å²) >= 11 is 6.14. The van der Waals surface area contributed by atoms with Crippen LogP contribution in [-0.4, -0.2) is 40.1 Å². The predicted molar refractivity (Wildman–Crippen MR) is 275 cm³/mol. The molecule has 0 aliphatic carbocycles. The number of fused-ring (bicyclic) bond motifs is 2. The van der Waals surface area contributed by atoms with Gasteiger partial charge in [-0.1, -0.05) is 132 Å². The maximum atomic E-state index is 10.9. The zero-order valence-electron chi connectivity index (χ0n) is 38.9. The number of halogens is 1. The molecule has 8 aromatic carbocycles. The molecule has 0 saturated carbocycles. The van der Waals surface area contributed by atoms with Crippen molar-refractivity contribution in [1.29, 1.82) is 0 Å². The topological polar surface area (TPSA) is 118 Å². The van der Waals surface area contributed by atoms with Crippen LogP contribution in [0.1, 0.15) is 44.5 Å². The lowest BCUT2D eigenvalue weighted by molar-refractivity contribution is 0.476. The van der Waals surface area contributed by atoms with Crippen molar-refractivity contribution in [3.8, 4) is 68.4 Å². The third-order valence-electron chi connectivity index (χ3n) is 11.9. The van der Waals surface area contributed by atoms with Crippen LogP contribution in [0, 0.1) is 55.4 Å². The monoisotopic (exact) mass is 898 g/mol. The molecule has 0 unspecified atom stereocenters. The number of benzene rings is 8. The van der Waals surface area contributed by atoms with E-state index in [-0.39, 0.29) is 11.0 Å². The molecule has 0 fully saturated rings. The van der Waals surface area contributed by atoms with Crippen molar-refractivity contribution in [2.24, 2.45) is 0 Å². The van der Waals surface area contributed by atoms with E-state index in [4.69, 9.17) is 31.7 Å². The van der Waals surface area contributed by atoms with Gasteiger partial charge in [0.1, 0.15) is 11.5 Å². The first-order chi connectivity index (χ1) is 32.2. The second-order valence-corrected chi connectivity index (χ2v) is 17.3. The van der Waals surface area contributed by atoms with Crippen molar-refractivity contribution in [2.45, 2.75) is 55.4 Å². The molecule has 0 atom stereocenters. The van der Waals surface area contributed by atoms with E-state index in [1.165, 1.54) is 33.4 Å². The highest BCUT2D eigenvalue weighted by Gasteiger charge is 2.19. The first-order valence-electron chi connectivity index (χ1n) is 22.1. The molecule has 10 rings (SSSR count). The van der Waals surface area contributed by atoms with E-state index >= 15 is 0 Å². The minimum atomic E-state index is 0.150. The summed E-state index contributed by atoms with van der Waals surface area (Å²) in [5.74, 6) is 3.32. The molecular weight excluding hydrogens is 848 g/mol. The molecule has 67 heavy (non-hydrogen) atoms. The molecule has 2 heterocycles. The van der Waals surface area contributed by atoms with Crippen LogP contribution in [0.25, 0.3) is 78.5 Å². The molecule has 0 bridgehead atoms. The van der Waals surface area contributed by atoms with Crippen molar-refractivity contribution in [3.63, 3.8) is 0 Å². The van der Waals surface area contributed by atoms with Gasteiger partial charge in [-0.25, -0.2) is 19.9 Å². The number of rotatable bonds is 5. The highest BCUT2D eigenvalue weighted by Crippen LogP contribution is 2.37. The van der Waals surface area contributed by atoms with Crippen LogP contribution >= 0.6 is 11.6 Å². The van der Waals surface area contributed by atoms with Gasteiger partial charge >= 0.3 is 0 Å². The van der Waals surface area contributed by atoms with E-state index in [9.17, 15) is 5.11 Å². The Kier molecular flexibility index (Phi) is 13.5. The quantitative estimate of drug-likeness (QED) is 0.175. The highest BCUT2D eigenvalue weighted by atomic mass is 35.5. The average molecular weight is 900 g/mol. The minimum Gasteiger partial charge on any atom is -0.508 e. The van der Waals surface area contributed by atoms with E-state index in [1.54, 1.807) is 18.2 Å². The second kappa shape index (κ2) is 19.7. The van der Waals surface area contributed by atoms with Crippen LogP contribution in [0.15, 0.2) is 152 Å². The molecule has 2 aromatic heterocycles.